The zero-order valence-corrected chi connectivity index (χ0v) is 11.6. The molecule has 0 bridgehead atoms. The summed E-state index contributed by atoms with van der Waals surface area (Å²) in [6.07, 6.45) is 7.25. The summed E-state index contributed by atoms with van der Waals surface area (Å²) >= 11 is 0. The molecule has 2 unspecified atom stereocenters. The van der Waals surface area contributed by atoms with Crippen molar-refractivity contribution in [3.8, 4) is 0 Å². The second-order valence-corrected chi connectivity index (χ2v) is 5.44. The summed E-state index contributed by atoms with van der Waals surface area (Å²) in [6, 6.07) is 0.540. The van der Waals surface area contributed by atoms with Gasteiger partial charge in [-0.2, -0.15) is 0 Å². The van der Waals surface area contributed by atoms with Crippen LogP contribution in [0, 0.1) is 5.92 Å². The van der Waals surface area contributed by atoms with Gasteiger partial charge in [-0.15, -0.1) is 0 Å². The van der Waals surface area contributed by atoms with Gasteiger partial charge < -0.3 is 10.4 Å². The van der Waals surface area contributed by atoms with Crippen LogP contribution in [0.2, 0.25) is 0 Å². The molecule has 2 N–H and O–H groups in total. The summed E-state index contributed by atoms with van der Waals surface area (Å²) in [5.74, 6) is 0.580. The average Bonchev–Trinajstić information content (AvgIpc) is 2.20. The maximum absolute atomic E-state index is 9.72. The maximum atomic E-state index is 9.72. The van der Waals surface area contributed by atoms with Crippen molar-refractivity contribution in [2.45, 2.75) is 78.4 Å². The number of unbranched alkanes of at least 4 members (excludes halogenated alkanes) is 3. The van der Waals surface area contributed by atoms with Gasteiger partial charge in [0.15, 0.2) is 0 Å². The van der Waals surface area contributed by atoms with Crippen molar-refractivity contribution < 1.29 is 5.11 Å². The van der Waals surface area contributed by atoms with Crippen LogP contribution in [0.5, 0.6) is 0 Å². The molecule has 0 aromatic heterocycles. The molecule has 0 spiro atoms. The highest BCUT2D eigenvalue weighted by Gasteiger charge is 2.08. The molecule has 0 aliphatic carbocycles. The van der Waals surface area contributed by atoms with Crippen LogP contribution in [0.1, 0.15) is 66.2 Å². The molecule has 0 saturated carbocycles. The summed E-state index contributed by atoms with van der Waals surface area (Å²) in [5.41, 5.74) is 0. The van der Waals surface area contributed by atoms with E-state index in [1.807, 2.05) is 0 Å². The Morgan fingerprint density at radius 1 is 1.06 bits per heavy atom. The number of aliphatic hydroxyl groups excluding tert-OH is 1. The van der Waals surface area contributed by atoms with Crippen LogP contribution in [0.3, 0.4) is 0 Å². The lowest BCUT2D eigenvalue weighted by Gasteiger charge is -2.18. The molecule has 98 valence electrons. The summed E-state index contributed by atoms with van der Waals surface area (Å²) in [4.78, 5) is 0. The molecule has 0 saturated heterocycles. The van der Waals surface area contributed by atoms with Gasteiger partial charge >= 0.3 is 0 Å². The first-order valence-corrected chi connectivity index (χ1v) is 6.97. The van der Waals surface area contributed by atoms with E-state index in [1.54, 1.807) is 0 Å². The smallest absolute Gasteiger partial charge is 0.0667 e. The highest BCUT2D eigenvalue weighted by molar-refractivity contribution is 4.66. The Bertz CT molecular complexity index is 148. The van der Waals surface area contributed by atoms with E-state index in [-0.39, 0.29) is 6.10 Å². The van der Waals surface area contributed by atoms with Gasteiger partial charge in [0, 0.05) is 12.6 Å². The molecule has 2 atom stereocenters. The molecule has 2 heteroatoms. The number of hydrogen-bond donors (Lipinski definition) is 2. The highest BCUT2D eigenvalue weighted by atomic mass is 16.3. The van der Waals surface area contributed by atoms with Crippen LogP contribution in [-0.4, -0.2) is 23.8 Å². The molecular formula is C14H31NO. The molecule has 0 heterocycles. The van der Waals surface area contributed by atoms with Gasteiger partial charge in [0.05, 0.1) is 6.10 Å². The molecule has 0 aliphatic rings. The Balaban J connectivity index is 3.38. The highest BCUT2D eigenvalue weighted by Crippen LogP contribution is 2.07. The Hall–Kier alpha value is -0.0800. The predicted molar refractivity (Wildman–Crippen MR) is 71.7 cm³/mol. The van der Waals surface area contributed by atoms with E-state index >= 15 is 0 Å². The van der Waals surface area contributed by atoms with Gasteiger partial charge in [0.1, 0.15) is 0 Å². The lowest BCUT2D eigenvalue weighted by Crippen LogP contribution is -2.34. The summed E-state index contributed by atoms with van der Waals surface area (Å²) in [7, 11) is 0. The maximum Gasteiger partial charge on any atom is 0.0667 e. The zero-order valence-electron chi connectivity index (χ0n) is 11.6. The third-order valence-corrected chi connectivity index (χ3v) is 2.94. The molecule has 16 heavy (non-hydrogen) atoms. The quantitative estimate of drug-likeness (QED) is 0.563. The number of hydrogen-bond acceptors (Lipinski definition) is 2. The summed E-state index contributed by atoms with van der Waals surface area (Å²) < 4.78 is 0. The van der Waals surface area contributed by atoms with Crippen molar-refractivity contribution in [1.29, 1.82) is 0 Å². The number of aliphatic hydroxyl groups is 1. The van der Waals surface area contributed by atoms with Gasteiger partial charge in [-0.05, 0) is 25.7 Å². The Morgan fingerprint density at radius 3 is 2.31 bits per heavy atom. The predicted octanol–water partition coefficient (Wildman–Crippen LogP) is 3.34. The Labute approximate surface area is 102 Å². The van der Waals surface area contributed by atoms with Crippen molar-refractivity contribution in [3.63, 3.8) is 0 Å². The van der Waals surface area contributed by atoms with Crippen LogP contribution in [0.15, 0.2) is 0 Å². The van der Waals surface area contributed by atoms with Crippen molar-refractivity contribution in [1.82, 2.24) is 5.32 Å². The van der Waals surface area contributed by atoms with Crippen LogP contribution in [0.25, 0.3) is 0 Å². The van der Waals surface area contributed by atoms with Crippen molar-refractivity contribution in [3.05, 3.63) is 0 Å². The monoisotopic (exact) mass is 229 g/mol. The third kappa shape index (κ3) is 10.4. The van der Waals surface area contributed by atoms with Crippen LogP contribution in [0.4, 0.5) is 0 Å². The first kappa shape index (κ1) is 15.9. The fourth-order valence-electron chi connectivity index (χ4n) is 1.94. The van der Waals surface area contributed by atoms with Crippen LogP contribution < -0.4 is 5.32 Å². The Morgan fingerprint density at radius 2 is 1.75 bits per heavy atom. The van der Waals surface area contributed by atoms with Crippen LogP contribution in [-0.2, 0) is 0 Å². The molecule has 2 nitrogen and oxygen atoms in total. The molecule has 0 amide bonds. The fraction of sp³-hybridized carbons (Fsp3) is 1.00. The topological polar surface area (TPSA) is 32.3 Å². The molecule has 0 aromatic carbocycles. The van der Waals surface area contributed by atoms with E-state index in [4.69, 9.17) is 0 Å². The van der Waals surface area contributed by atoms with E-state index in [1.165, 1.54) is 32.1 Å². The third-order valence-electron chi connectivity index (χ3n) is 2.94. The number of rotatable bonds is 10. The minimum Gasteiger partial charge on any atom is -0.392 e. The van der Waals surface area contributed by atoms with Gasteiger partial charge in [0.25, 0.3) is 0 Å². The molecule has 0 aromatic rings. The zero-order chi connectivity index (χ0) is 12.4. The minimum atomic E-state index is -0.182. The molecule has 0 rings (SSSR count). The molecule has 0 aliphatic heterocycles. The lowest BCUT2D eigenvalue weighted by molar-refractivity contribution is 0.142. The Kier molecular flexibility index (Phi) is 10.0. The lowest BCUT2D eigenvalue weighted by atomic mass is 10.1. The van der Waals surface area contributed by atoms with Crippen molar-refractivity contribution in [2.75, 3.05) is 6.54 Å². The second-order valence-electron chi connectivity index (χ2n) is 5.44. The molecular weight excluding hydrogens is 198 g/mol. The standard InChI is InChI=1S/C14H31NO/c1-5-6-7-8-9-13(4)15-11-14(16)10-12(2)3/h12-16H,5-11H2,1-4H3. The molecule has 0 radical (unpaired) electrons. The van der Waals surface area contributed by atoms with E-state index in [0.717, 1.165) is 13.0 Å². The van der Waals surface area contributed by atoms with Crippen molar-refractivity contribution >= 4 is 0 Å². The number of nitrogens with one attached hydrogen (secondary N) is 1. The van der Waals surface area contributed by atoms with Gasteiger partial charge in [-0.25, -0.2) is 0 Å². The van der Waals surface area contributed by atoms with Gasteiger partial charge in [-0.1, -0.05) is 46.5 Å². The second kappa shape index (κ2) is 10.1. The summed E-state index contributed by atoms with van der Waals surface area (Å²) in [6.45, 7) is 9.50. The SMILES string of the molecule is CCCCCCC(C)NCC(O)CC(C)C. The van der Waals surface area contributed by atoms with Crippen molar-refractivity contribution in [2.24, 2.45) is 5.92 Å². The fourth-order valence-corrected chi connectivity index (χ4v) is 1.94. The van der Waals surface area contributed by atoms with E-state index < -0.39 is 0 Å². The van der Waals surface area contributed by atoms with Crippen LogP contribution >= 0.6 is 0 Å². The van der Waals surface area contributed by atoms with Gasteiger partial charge in [0.2, 0.25) is 0 Å². The minimum absolute atomic E-state index is 0.182. The van der Waals surface area contributed by atoms with E-state index in [0.29, 0.717) is 12.0 Å². The first-order chi connectivity index (χ1) is 7.56. The largest absolute Gasteiger partial charge is 0.392 e. The average molecular weight is 229 g/mol. The normalized spacial score (nSPS) is 15.4. The van der Waals surface area contributed by atoms with Gasteiger partial charge in [-0.3, -0.25) is 0 Å². The molecule has 0 fully saturated rings. The first-order valence-electron chi connectivity index (χ1n) is 6.97. The van der Waals surface area contributed by atoms with E-state index in [9.17, 15) is 5.11 Å². The van der Waals surface area contributed by atoms with E-state index in [2.05, 4.69) is 33.0 Å². The summed E-state index contributed by atoms with van der Waals surface area (Å²) in [5, 5.41) is 13.1.